The molecule has 0 aliphatic carbocycles. The molecule has 0 unspecified atom stereocenters. The topological polar surface area (TPSA) is 39.4 Å². The third-order valence-corrected chi connectivity index (χ3v) is 3.23. The molecule has 0 N–H and O–H groups in total. The summed E-state index contributed by atoms with van der Waals surface area (Å²) in [6.07, 6.45) is 1.87. The van der Waals surface area contributed by atoms with Crippen molar-refractivity contribution in [2.24, 2.45) is 0 Å². The summed E-state index contributed by atoms with van der Waals surface area (Å²) in [6, 6.07) is 5.20. The molecule has 2 aromatic rings. The number of carbonyl (C=O) groups is 1. The van der Waals surface area contributed by atoms with Gasteiger partial charge in [0.2, 0.25) is 17.8 Å². The highest BCUT2D eigenvalue weighted by molar-refractivity contribution is 7.07. The lowest BCUT2D eigenvalue weighted by Gasteiger charge is -2.08. The van der Waals surface area contributed by atoms with Crippen molar-refractivity contribution in [2.45, 2.75) is 6.54 Å². The molecule has 0 aliphatic heterocycles. The van der Waals surface area contributed by atoms with Crippen molar-refractivity contribution in [3.8, 4) is 11.5 Å². The van der Waals surface area contributed by atoms with Crippen molar-refractivity contribution in [1.29, 1.82) is 0 Å². The van der Waals surface area contributed by atoms with Crippen LogP contribution in [-0.4, -0.2) is 20.0 Å². The molecule has 0 radical (unpaired) electrons. The SMILES string of the molecule is COc1ccc(C(=O)C[n+]2ccsc2)c(OC)c1. The number of rotatable bonds is 5. The molecule has 5 heteroatoms. The van der Waals surface area contributed by atoms with Gasteiger partial charge >= 0.3 is 0 Å². The Morgan fingerprint density at radius 2 is 2.17 bits per heavy atom. The van der Waals surface area contributed by atoms with Crippen LogP contribution in [0.15, 0.2) is 35.3 Å². The Balaban J connectivity index is 2.24. The molecule has 0 amide bonds. The molecule has 1 aromatic carbocycles. The first kappa shape index (κ1) is 12.6. The summed E-state index contributed by atoms with van der Waals surface area (Å²) in [7, 11) is 3.13. The Kier molecular flexibility index (Phi) is 3.94. The van der Waals surface area contributed by atoms with Gasteiger partial charge in [0.15, 0.2) is 6.20 Å². The monoisotopic (exact) mass is 264 g/mol. The number of thiazole rings is 1. The molecule has 1 heterocycles. The maximum Gasteiger partial charge on any atom is 0.231 e. The summed E-state index contributed by atoms with van der Waals surface area (Å²) in [5.74, 6) is 1.22. The van der Waals surface area contributed by atoms with Crippen molar-refractivity contribution in [3.63, 3.8) is 0 Å². The van der Waals surface area contributed by atoms with Gasteiger partial charge in [0.25, 0.3) is 0 Å². The van der Waals surface area contributed by atoms with Crippen LogP contribution in [0.3, 0.4) is 0 Å². The third kappa shape index (κ3) is 2.68. The zero-order chi connectivity index (χ0) is 13.0. The zero-order valence-electron chi connectivity index (χ0n) is 10.3. The summed E-state index contributed by atoms with van der Waals surface area (Å²) in [5.41, 5.74) is 2.46. The summed E-state index contributed by atoms with van der Waals surface area (Å²) >= 11 is 1.55. The number of hydrogen-bond donors (Lipinski definition) is 0. The van der Waals surface area contributed by atoms with Gasteiger partial charge in [0, 0.05) is 6.07 Å². The molecule has 2 rings (SSSR count). The van der Waals surface area contributed by atoms with Gasteiger partial charge in [-0.25, -0.2) is 0 Å². The van der Waals surface area contributed by atoms with Crippen LogP contribution in [0.1, 0.15) is 10.4 Å². The molecule has 0 fully saturated rings. The minimum atomic E-state index is 0.0119. The van der Waals surface area contributed by atoms with Crippen LogP contribution in [0.2, 0.25) is 0 Å². The molecular formula is C13H14NO3S+. The summed E-state index contributed by atoms with van der Waals surface area (Å²) in [4.78, 5) is 12.2. The van der Waals surface area contributed by atoms with Crippen LogP contribution >= 0.6 is 11.3 Å². The van der Waals surface area contributed by atoms with Gasteiger partial charge < -0.3 is 9.47 Å². The van der Waals surface area contributed by atoms with Crippen LogP contribution < -0.4 is 14.0 Å². The molecular weight excluding hydrogens is 250 g/mol. The van der Waals surface area contributed by atoms with Gasteiger partial charge in [-0.3, -0.25) is 4.79 Å². The summed E-state index contributed by atoms with van der Waals surface area (Å²) in [5, 5.41) is 1.93. The van der Waals surface area contributed by atoms with Crippen LogP contribution in [-0.2, 0) is 6.54 Å². The van der Waals surface area contributed by atoms with Gasteiger partial charge in [0.05, 0.1) is 25.2 Å². The van der Waals surface area contributed by atoms with E-state index in [1.165, 1.54) is 0 Å². The van der Waals surface area contributed by atoms with E-state index in [-0.39, 0.29) is 5.78 Å². The Bertz CT molecular complexity index is 537. The van der Waals surface area contributed by atoms with E-state index in [1.54, 1.807) is 43.8 Å². The van der Waals surface area contributed by atoms with Crippen LogP contribution in [0.4, 0.5) is 0 Å². The van der Waals surface area contributed by atoms with Crippen molar-refractivity contribution in [2.75, 3.05) is 14.2 Å². The van der Waals surface area contributed by atoms with E-state index in [4.69, 9.17) is 9.47 Å². The highest BCUT2D eigenvalue weighted by atomic mass is 32.1. The first-order chi connectivity index (χ1) is 8.74. The number of Topliss-reactive ketones (excluding diaryl/α,β-unsaturated/α-hetero) is 1. The number of aromatic nitrogens is 1. The molecule has 94 valence electrons. The molecule has 4 nitrogen and oxygen atoms in total. The second kappa shape index (κ2) is 5.64. The number of benzene rings is 1. The molecule has 0 atom stereocenters. The maximum atomic E-state index is 12.2. The largest absolute Gasteiger partial charge is 0.497 e. The van der Waals surface area contributed by atoms with Crippen LogP contribution in [0.5, 0.6) is 11.5 Å². The van der Waals surface area contributed by atoms with Crippen molar-refractivity contribution in [1.82, 2.24) is 0 Å². The van der Waals surface area contributed by atoms with Gasteiger partial charge in [-0.05, 0) is 12.1 Å². The Morgan fingerprint density at radius 1 is 1.33 bits per heavy atom. The smallest absolute Gasteiger partial charge is 0.231 e. The quantitative estimate of drug-likeness (QED) is 0.612. The summed E-state index contributed by atoms with van der Waals surface area (Å²) in [6.45, 7) is 0.312. The lowest BCUT2D eigenvalue weighted by Crippen LogP contribution is -2.35. The van der Waals surface area contributed by atoms with Crippen LogP contribution in [0, 0.1) is 0 Å². The van der Waals surface area contributed by atoms with Gasteiger partial charge in [0.1, 0.15) is 11.5 Å². The highest BCUT2D eigenvalue weighted by Crippen LogP contribution is 2.24. The van der Waals surface area contributed by atoms with Gasteiger partial charge in [-0.15, -0.1) is 0 Å². The second-order valence-corrected chi connectivity index (χ2v) is 4.44. The molecule has 0 spiro atoms. The fourth-order valence-electron chi connectivity index (χ4n) is 1.63. The Hall–Kier alpha value is -1.88. The van der Waals surface area contributed by atoms with Gasteiger partial charge in [-0.2, -0.15) is 4.57 Å². The fraction of sp³-hybridized carbons (Fsp3) is 0.231. The standard InChI is InChI=1S/C13H14NO3S/c1-16-10-3-4-11(13(7-10)17-2)12(15)8-14-5-6-18-9-14/h3-7,9H,8H2,1-2H3/q+1. The minimum absolute atomic E-state index is 0.0119. The lowest BCUT2D eigenvalue weighted by atomic mass is 10.1. The maximum absolute atomic E-state index is 12.2. The van der Waals surface area contributed by atoms with E-state index in [1.807, 2.05) is 21.7 Å². The van der Waals surface area contributed by atoms with E-state index < -0.39 is 0 Å². The lowest BCUT2D eigenvalue weighted by molar-refractivity contribution is -0.678. The van der Waals surface area contributed by atoms with E-state index >= 15 is 0 Å². The normalized spacial score (nSPS) is 10.1. The van der Waals surface area contributed by atoms with Gasteiger partial charge in [-0.1, -0.05) is 11.3 Å². The Morgan fingerprint density at radius 3 is 2.78 bits per heavy atom. The number of nitrogens with zero attached hydrogens (tertiary/aromatic N) is 1. The number of ether oxygens (including phenoxy) is 2. The first-order valence-electron chi connectivity index (χ1n) is 5.41. The molecule has 0 saturated carbocycles. The third-order valence-electron chi connectivity index (χ3n) is 2.56. The second-order valence-electron chi connectivity index (χ2n) is 3.69. The fourth-order valence-corrected chi connectivity index (χ4v) is 2.23. The molecule has 18 heavy (non-hydrogen) atoms. The summed E-state index contributed by atoms with van der Waals surface area (Å²) < 4.78 is 12.2. The Labute approximate surface area is 109 Å². The van der Waals surface area contributed by atoms with E-state index in [2.05, 4.69) is 0 Å². The number of carbonyl (C=O) groups excluding carboxylic acids is 1. The van der Waals surface area contributed by atoms with E-state index in [0.29, 0.717) is 23.6 Å². The first-order valence-corrected chi connectivity index (χ1v) is 6.35. The molecule has 1 aromatic heterocycles. The van der Waals surface area contributed by atoms with Crippen molar-refractivity contribution >= 4 is 17.1 Å². The average Bonchev–Trinajstić information content (AvgIpc) is 2.90. The van der Waals surface area contributed by atoms with Crippen molar-refractivity contribution in [3.05, 3.63) is 40.8 Å². The minimum Gasteiger partial charge on any atom is -0.497 e. The average molecular weight is 264 g/mol. The van der Waals surface area contributed by atoms with Crippen LogP contribution in [0.25, 0.3) is 0 Å². The number of methoxy groups -OCH3 is 2. The highest BCUT2D eigenvalue weighted by Gasteiger charge is 2.17. The van der Waals surface area contributed by atoms with E-state index in [9.17, 15) is 4.79 Å². The predicted octanol–water partition coefficient (Wildman–Crippen LogP) is 1.94. The predicted molar refractivity (Wildman–Crippen MR) is 68.4 cm³/mol. The molecule has 0 bridgehead atoms. The van der Waals surface area contributed by atoms with Crippen molar-refractivity contribution < 1.29 is 18.8 Å². The number of hydrogen-bond acceptors (Lipinski definition) is 4. The number of ketones is 1. The zero-order valence-corrected chi connectivity index (χ0v) is 11.1. The van der Waals surface area contributed by atoms with E-state index in [0.717, 1.165) is 0 Å². The molecule has 0 saturated heterocycles. The molecule has 0 aliphatic rings.